The Kier molecular flexibility index (Phi) is 4.47. The molecule has 0 saturated carbocycles. The minimum atomic E-state index is -0.768. The van der Waals surface area contributed by atoms with Crippen LogP contribution in [0.5, 0.6) is 0 Å². The highest BCUT2D eigenvalue weighted by molar-refractivity contribution is 5.92. The number of primary amides is 1. The molecule has 20 heavy (non-hydrogen) atoms. The van der Waals surface area contributed by atoms with Crippen LogP contribution in [0.2, 0.25) is 0 Å². The Morgan fingerprint density at radius 2 is 2.25 bits per heavy atom. The van der Waals surface area contributed by atoms with Crippen LogP contribution in [0, 0.1) is 5.82 Å². The second-order valence-electron chi connectivity index (χ2n) is 4.43. The molecule has 1 aliphatic heterocycles. The molecule has 1 saturated heterocycles. The van der Waals surface area contributed by atoms with Gasteiger partial charge in [-0.2, -0.15) is 0 Å². The predicted molar refractivity (Wildman–Crippen MR) is 70.9 cm³/mol. The molecule has 6 heteroatoms. The van der Waals surface area contributed by atoms with Gasteiger partial charge in [-0.05, 0) is 23.8 Å². The zero-order valence-electron chi connectivity index (χ0n) is 10.8. The van der Waals surface area contributed by atoms with E-state index in [9.17, 15) is 14.0 Å². The highest BCUT2D eigenvalue weighted by Crippen LogP contribution is 2.08. The first kappa shape index (κ1) is 14.2. The van der Waals surface area contributed by atoms with Gasteiger partial charge in [-0.1, -0.05) is 12.1 Å². The van der Waals surface area contributed by atoms with Gasteiger partial charge in [0.05, 0.1) is 13.2 Å². The lowest BCUT2D eigenvalue weighted by atomic mass is 10.2. The topological polar surface area (TPSA) is 72.6 Å². The largest absolute Gasteiger partial charge is 0.367 e. The molecule has 2 N–H and O–H groups in total. The number of amides is 2. The van der Waals surface area contributed by atoms with E-state index in [0.29, 0.717) is 12.1 Å². The summed E-state index contributed by atoms with van der Waals surface area (Å²) in [5.74, 6) is -1.21. The van der Waals surface area contributed by atoms with Gasteiger partial charge in [0.1, 0.15) is 5.82 Å². The van der Waals surface area contributed by atoms with Crippen molar-refractivity contribution in [1.29, 1.82) is 0 Å². The molecule has 2 amide bonds. The summed E-state index contributed by atoms with van der Waals surface area (Å²) in [5.41, 5.74) is 5.75. The Balaban J connectivity index is 1.99. The van der Waals surface area contributed by atoms with Crippen LogP contribution in [-0.4, -0.2) is 42.5 Å². The maximum atomic E-state index is 13.0. The molecule has 0 spiro atoms. The molecule has 1 aliphatic rings. The summed E-state index contributed by atoms with van der Waals surface area (Å²) < 4.78 is 18.1. The fourth-order valence-electron chi connectivity index (χ4n) is 1.90. The number of carbonyl (C=O) groups is 2. The Morgan fingerprint density at radius 1 is 1.45 bits per heavy atom. The number of rotatable bonds is 3. The molecule has 106 valence electrons. The molecule has 1 fully saturated rings. The number of nitrogens with two attached hydrogens (primary N) is 1. The van der Waals surface area contributed by atoms with Crippen LogP contribution in [0.25, 0.3) is 6.08 Å². The van der Waals surface area contributed by atoms with Crippen molar-refractivity contribution in [3.63, 3.8) is 0 Å². The molecular weight excluding hydrogens is 263 g/mol. The fourth-order valence-corrected chi connectivity index (χ4v) is 1.90. The van der Waals surface area contributed by atoms with Crippen molar-refractivity contribution < 1.29 is 18.7 Å². The first-order chi connectivity index (χ1) is 9.56. The average Bonchev–Trinajstić information content (AvgIpc) is 2.45. The van der Waals surface area contributed by atoms with Crippen LogP contribution in [0.4, 0.5) is 4.39 Å². The molecule has 1 aromatic carbocycles. The maximum Gasteiger partial charge on any atom is 0.248 e. The molecule has 0 bridgehead atoms. The number of benzene rings is 1. The molecular formula is C14H15FN2O3. The third-order valence-corrected chi connectivity index (χ3v) is 2.96. The number of nitrogens with zero attached hydrogens (tertiary/aromatic N) is 1. The minimum Gasteiger partial charge on any atom is -0.367 e. The van der Waals surface area contributed by atoms with Crippen molar-refractivity contribution in [1.82, 2.24) is 4.90 Å². The zero-order chi connectivity index (χ0) is 14.5. The predicted octanol–water partition coefficient (Wildman–Crippen LogP) is 0.552. The molecule has 0 radical (unpaired) electrons. The molecule has 0 aromatic heterocycles. The van der Waals surface area contributed by atoms with E-state index in [4.69, 9.17) is 10.5 Å². The van der Waals surface area contributed by atoms with Gasteiger partial charge < -0.3 is 15.4 Å². The number of hydrogen-bond acceptors (Lipinski definition) is 3. The van der Waals surface area contributed by atoms with Gasteiger partial charge in [0.2, 0.25) is 11.8 Å². The van der Waals surface area contributed by atoms with Crippen molar-refractivity contribution >= 4 is 17.9 Å². The summed E-state index contributed by atoms with van der Waals surface area (Å²) in [7, 11) is 0. The van der Waals surface area contributed by atoms with Crippen LogP contribution in [0.3, 0.4) is 0 Å². The lowest BCUT2D eigenvalue weighted by molar-refractivity contribution is -0.142. The minimum absolute atomic E-state index is 0.141. The lowest BCUT2D eigenvalue weighted by Crippen LogP contribution is -2.50. The van der Waals surface area contributed by atoms with Crippen molar-refractivity contribution in [2.45, 2.75) is 6.10 Å². The van der Waals surface area contributed by atoms with Crippen molar-refractivity contribution in [2.24, 2.45) is 5.73 Å². The number of carbonyl (C=O) groups excluding carboxylic acids is 2. The van der Waals surface area contributed by atoms with Crippen LogP contribution < -0.4 is 5.73 Å². The quantitative estimate of drug-likeness (QED) is 0.821. The van der Waals surface area contributed by atoms with Crippen LogP contribution in [0.1, 0.15) is 5.56 Å². The Labute approximate surface area is 115 Å². The number of ether oxygens (including phenoxy) is 1. The molecule has 1 heterocycles. The molecule has 0 unspecified atom stereocenters. The highest BCUT2D eigenvalue weighted by Gasteiger charge is 2.26. The standard InChI is InChI=1S/C14H15FN2O3/c15-11-3-1-2-10(8-11)4-5-13(18)17-6-7-20-12(9-17)14(16)19/h1-5,8,12H,6-7,9H2,(H2,16,19)/b5-4-/t12-/m0/s1. The molecule has 2 rings (SSSR count). The third kappa shape index (κ3) is 3.64. The van der Waals surface area contributed by atoms with Gasteiger partial charge in [0.15, 0.2) is 6.10 Å². The van der Waals surface area contributed by atoms with Crippen molar-refractivity contribution in [3.05, 3.63) is 41.7 Å². The van der Waals surface area contributed by atoms with E-state index in [-0.39, 0.29) is 24.9 Å². The molecule has 5 nitrogen and oxygen atoms in total. The zero-order valence-corrected chi connectivity index (χ0v) is 10.8. The smallest absolute Gasteiger partial charge is 0.248 e. The summed E-state index contributed by atoms with van der Waals surface area (Å²) in [6.45, 7) is 0.810. The van der Waals surface area contributed by atoms with E-state index in [0.717, 1.165) is 0 Å². The van der Waals surface area contributed by atoms with Crippen LogP contribution >= 0.6 is 0 Å². The van der Waals surface area contributed by atoms with E-state index in [2.05, 4.69) is 0 Å². The summed E-state index contributed by atoms with van der Waals surface area (Å²) in [6.07, 6.45) is 2.11. The highest BCUT2D eigenvalue weighted by atomic mass is 19.1. The van der Waals surface area contributed by atoms with Gasteiger partial charge in [0.25, 0.3) is 0 Å². The first-order valence-corrected chi connectivity index (χ1v) is 6.20. The lowest BCUT2D eigenvalue weighted by Gasteiger charge is -2.30. The van der Waals surface area contributed by atoms with Crippen molar-refractivity contribution in [2.75, 3.05) is 19.7 Å². The van der Waals surface area contributed by atoms with E-state index < -0.39 is 12.0 Å². The van der Waals surface area contributed by atoms with E-state index in [1.807, 2.05) is 0 Å². The van der Waals surface area contributed by atoms with Crippen LogP contribution in [0.15, 0.2) is 30.3 Å². The molecule has 1 aromatic rings. The van der Waals surface area contributed by atoms with Gasteiger partial charge in [-0.15, -0.1) is 0 Å². The monoisotopic (exact) mass is 278 g/mol. The summed E-state index contributed by atoms with van der Waals surface area (Å²) in [6, 6.07) is 5.92. The van der Waals surface area contributed by atoms with Crippen LogP contribution in [-0.2, 0) is 14.3 Å². The second-order valence-corrected chi connectivity index (χ2v) is 4.43. The van der Waals surface area contributed by atoms with E-state index in [1.54, 1.807) is 12.1 Å². The Bertz CT molecular complexity index is 545. The molecule has 1 atom stereocenters. The normalized spacial score (nSPS) is 19.2. The summed E-state index contributed by atoms with van der Waals surface area (Å²) in [5, 5.41) is 0. The number of halogens is 1. The summed E-state index contributed by atoms with van der Waals surface area (Å²) >= 11 is 0. The van der Waals surface area contributed by atoms with Gasteiger partial charge in [0, 0.05) is 12.6 Å². The number of morpholine rings is 1. The van der Waals surface area contributed by atoms with E-state index >= 15 is 0 Å². The first-order valence-electron chi connectivity index (χ1n) is 6.20. The third-order valence-electron chi connectivity index (χ3n) is 2.96. The summed E-state index contributed by atoms with van der Waals surface area (Å²) in [4.78, 5) is 24.5. The number of hydrogen-bond donors (Lipinski definition) is 1. The van der Waals surface area contributed by atoms with Crippen molar-refractivity contribution in [3.8, 4) is 0 Å². The Morgan fingerprint density at radius 3 is 2.95 bits per heavy atom. The average molecular weight is 278 g/mol. The van der Waals surface area contributed by atoms with Gasteiger partial charge in [-0.25, -0.2) is 4.39 Å². The van der Waals surface area contributed by atoms with E-state index in [1.165, 1.54) is 29.2 Å². The second kappa shape index (κ2) is 6.29. The SMILES string of the molecule is NC(=O)[C@@H]1CN(C(=O)/C=C\c2cccc(F)c2)CCO1. The van der Waals surface area contributed by atoms with Gasteiger partial charge in [-0.3, -0.25) is 9.59 Å². The van der Waals surface area contributed by atoms with Gasteiger partial charge >= 0.3 is 0 Å². The maximum absolute atomic E-state index is 13.0. The molecule has 0 aliphatic carbocycles. The Hall–Kier alpha value is -2.21. The fraction of sp³-hybridized carbons (Fsp3) is 0.286.